The molecule has 1 N–H and O–H groups in total. The summed E-state index contributed by atoms with van der Waals surface area (Å²) in [5.74, 6) is 0.826. The number of ether oxygens (including phenoxy) is 2. The van der Waals surface area contributed by atoms with Gasteiger partial charge in [-0.2, -0.15) is 4.31 Å². The van der Waals surface area contributed by atoms with Crippen LogP contribution in [0, 0.1) is 5.92 Å². The van der Waals surface area contributed by atoms with Crippen molar-refractivity contribution in [3.05, 3.63) is 48.5 Å². The standard InChI is InChI=1S/C21H26N2O5S/c1-16(2)10-11-23(15-21(24)22-17-6-4-3-5-7-17)29(25,26)18-8-9-19-20(14-18)28-13-12-27-19/h3-9,14,16H,10-13,15H2,1-2H3,(H,22,24). The highest BCUT2D eigenvalue weighted by molar-refractivity contribution is 7.89. The number of para-hydroxylation sites is 1. The van der Waals surface area contributed by atoms with Gasteiger partial charge in [0.15, 0.2) is 11.5 Å². The third-order valence-corrected chi connectivity index (χ3v) is 6.33. The number of hydrogen-bond donors (Lipinski definition) is 1. The summed E-state index contributed by atoms with van der Waals surface area (Å²) in [7, 11) is -3.88. The van der Waals surface area contributed by atoms with Gasteiger partial charge in [-0.3, -0.25) is 4.79 Å². The van der Waals surface area contributed by atoms with Gasteiger partial charge in [0.05, 0.1) is 11.4 Å². The summed E-state index contributed by atoms with van der Waals surface area (Å²) >= 11 is 0. The van der Waals surface area contributed by atoms with Crippen LogP contribution >= 0.6 is 0 Å². The number of anilines is 1. The minimum absolute atomic E-state index is 0.0815. The van der Waals surface area contributed by atoms with E-state index >= 15 is 0 Å². The monoisotopic (exact) mass is 418 g/mol. The molecule has 0 aromatic heterocycles. The van der Waals surface area contributed by atoms with Gasteiger partial charge in [0, 0.05) is 18.3 Å². The summed E-state index contributed by atoms with van der Waals surface area (Å²) in [6.07, 6.45) is 0.641. The highest BCUT2D eigenvalue weighted by Crippen LogP contribution is 2.33. The zero-order valence-corrected chi connectivity index (χ0v) is 17.4. The lowest BCUT2D eigenvalue weighted by molar-refractivity contribution is -0.116. The number of amides is 1. The molecule has 0 radical (unpaired) electrons. The van der Waals surface area contributed by atoms with Crippen molar-refractivity contribution in [1.82, 2.24) is 4.31 Å². The topological polar surface area (TPSA) is 84.9 Å². The van der Waals surface area contributed by atoms with Crippen LogP contribution < -0.4 is 14.8 Å². The molecule has 29 heavy (non-hydrogen) atoms. The van der Waals surface area contributed by atoms with Crippen molar-refractivity contribution in [1.29, 1.82) is 0 Å². The van der Waals surface area contributed by atoms with Gasteiger partial charge < -0.3 is 14.8 Å². The fraction of sp³-hybridized carbons (Fsp3) is 0.381. The first kappa shape index (κ1) is 21.1. The highest BCUT2D eigenvalue weighted by Gasteiger charge is 2.28. The molecule has 3 rings (SSSR count). The van der Waals surface area contributed by atoms with Crippen LogP contribution in [0.4, 0.5) is 5.69 Å². The Morgan fingerprint density at radius 3 is 2.45 bits per heavy atom. The van der Waals surface area contributed by atoms with Gasteiger partial charge in [-0.05, 0) is 36.6 Å². The smallest absolute Gasteiger partial charge is 0.243 e. The van der Waals surface area contributed by atoms with E-state index in [1.54, 1.807) is 30.3 Å². The molecule has 0 atom stereocenters. The summed E-state index contributed by atoms with van der Waals surface area (Å²) in [5.41, 5.74) is 0.623. The van der Waals surface area contributed by atoms with E-state index in [0.29, 0.717) is 42.7 Å². The predicted molar refractivity (Wildman–Crippen MR) is 111 cm³/mol. The Morgan fingerprint density at radius 2 is 1.76 bits per heavy atom. The maximum absolute atomic E-state index is 13.3. The zero-order chi connectivity index (χ0) is 20.9. The molecule has 8 heteroatoms. The van der Waals surface area contributed by atoms with Gasteiger partial charge in [0.1, 0.15) is 13.2 Å². The highest BCUT2D eigenvalue weighted by atomic mass is 32.2. The van der Waals surface area contributed by atoms with Crippen LogP contribution in [0.25, 0.3) is 0 Å². The number of carbonyl (C=O) groups excluding carboxylic acids is 1. The molecule has 0 aliphatic carbocycles. The lowest BCUT2D eigenvalue weighted by Gasteiger charge is -2.24. The Bertz CT molecular complexity index is 945. The summed E-state index contributed by atoms with van der Waals surface area (Å²) < 4.78 is 38.7. The van der Waals surface area contributed by atoms with E-state index < -0.39 is 10.0 Å². The number of nitrogens with one attached hydrogen (secondary N) is 1. The Balaban J connectivity index is 1.81. The third kappa shape index (κ3) is 5.48. The lowest BCUT2D eigenvalue weighted by atomic mass is 10.1. The molecule has 2 aromatic carbocycles. The molecule has 0 fully saturated rings. The van der Waals surface area contributed by atoms with Crippen LogP contribution in [-0.4, -0.2) is 44.9 Å². The summed E-state index contributed by atoms with van der Waals surface area (Å²) in [6.45, 7) is 4.80. The Kier molecular flexibility index (Phi) is 6.76. The number of hydrogen-bond acceptors (Lipinski definition) is 5. The van der Waals surface area contributed by atoms with E-state index in [1.807, 2.05) is 19.9 Å². The molecule has 1 aliphatic heterocycles. The summed E-state index contributed by atoms with van der Waals surface area (Å²) in [4.78, 5) is 12.6. The van der Waals surface area contributed by atoms with Crippen molar-refractivity contribution in [2.24, 2.45) is 5.92 Å². The molecular formula is C21H26N2O5S. The van der Waals surface area contributed by atoms with Crippen molar-refractivity contribution in [3.8, 4) is 11.5 Å². The molecule has 156 valence electrons. The van der Waals surface area contributed by atoms with Crippen LogP contribution in [0.5, 0.6) is 11.5 Å². The van der Waals surface area contributed by atoms with E-state index in [4.69, 9.17) is 9.47 Å². The molecule has 0 saturated carbocycles. The van der Waals surface area contributed by atoms with Crippen molar-refractivity contribution in [2.75, 3.05) is 31.6 Å². The number of rotatable bonds is 8. The molecule has 0 unspecified atom stereocenters. The number of sulfonamides is 1. The van der Waals surface area contributed by atoms with Gasteiger partial charge in [-0.1, -0.05) is 32.0 Å². The van der Waals surface area contributed by atoms with Gasteiger partial charge in [0.2, 0.25) is 15.9 Å². The largest absolute Gasteiger partial charge is 0.486 e. The van der Waals surface area contributed by atoms with E-state index in [2.05, 4.69) is 5.32 Å². The predicted octanol–water partition coefficient (Wildman–Crippen LogP) is 3.13. The summed E-state index contributed by atoms with van der Waals surface area (Å²) in [5, 5.41) is 2.74. The molecule has 1 amide bonds. The molecule has 1 aliphatic rings. The van der Waals surface area contributed by atoms with E-state index in [0.717, 1.165) is 0 Å². The summed E-state index contributed by atoms with van der Waals surface area (Å²) in [6, 6.07) is 13.5. The Morgan fingerprint density at radius 1 is 1.07 bits per heavy atom. The first-order chi connectivity index (χ1) is 13.9. The number of nitrogens with zero attached hydrogens (tertiary/aromatic N) is 1. The number of benzene rings is 2. The minimum Gasteiger partial charge on any atom is -0.486 e. The third-order valence-electron chi connectivity index (χ3n) is 4.48. The average Bonchev–Trinajstić information content (AvgIpc) is 2.71. The maximum atomic E-state index is 13.3. The van der Waals surface area contributed by atoms with E-state index in [9.17, 15) is 13.2 Å². The average molecular weight is 419 g/mol. The SMILES string of the molecule is CC(C)CCN(CC(=O)Nc1ccccc1)S(=O)(=O)c1ccc2c(c1)OCCO2. The number of fused-ring (bicyclic) bond motifs is 1. The van der Waals surface area contributed by atoms with Crippen LogP contribution in [0.1, 0.15) is 20.3 Å². The Labute approximate surface area is 171 Å². The quantitative estimate of drug-likeness (QED) is 0.712. The fourth-order valence-corrected chi connectivity index (χ4v) is 4.33. The molecule has 7 nitrogen and oxygen atoms in total. The van der Waals surface area contributed by atoms with E-state index in [1.165, 1.54) is 16.4 Å². The second-order valence-corrected chi connectivity index (χ2v) is 9.18. The van der Waals surface area contributed by atoms with E-state index in [-0.39, 0.29) is 23.9 Å². The molecular weight excluding hydrogens is 392 g/mol. The van der Waals surface area contributed by atoms with Crippen molar-refractivity contribution in [2.45, 2.75) is 25.2 Å². The van der Waals surface area contributed by atoms with Crippen LogP contribution in [-0.2, 0) is 14.8 Å². The molecule has 2 aromatic rings. The van der Waals surface area contributed by atoms with Crippen molar-refractivity contribution < 1.29 is 22.7 Å². The minimum atomic E-state index is -3.88. The first-order valence-electron chi connectivity index (χ1n) is 9.61. The van der Waals surface area contributed by atoms with Crippen molar-refractivity contribution >= 4 is 21.6 Å². The lowest BCUT2D eigenvalue weighted by Crippen LogP contribution is -2.39. The van der Waals surface area contributed by atoms with Gasteiger partial charge in [0.25, 0.3) is 0 Å². The van der Waals surface area contributed by atoms with Crippen LogP contribution in [0.2, 0.25) is 0 Å². The zero-order valence-electron chi connectivity index (χ0n) is 16.6. The van der Waals surface area contributed by atoms with Gasteiger partial charge >= 0.3 is 0 Å². The van der Waals surface area contributed by atoms with Crippen LogP contribution in [0.3, 0.4) is 0 Å². The first-order valence-corrected chi connectivity index (χ1v) is 11.0. The number of carbonyl (C=O) groups is 1. The normalized spacial score (nSPS) is 13.5. The second-order valence-electron chi connectivity index (χ2n) is 7.24. The van der Waals surface area contributed by atoms with Gasteiger partial charge in [-0.15, -0.1) is 0 Å². The second kappa shape index (κ2) is 9.28. The Hall–Kier alpha value is -2.58. The molecule has 0 spiro atoms. The van der Waals surface area contributed by atoms with Crippen LogP contribution in [0.15, 0.2) is 53.4 Å². The molecule has 0 saturated heterocycles. The van der Waals surface area contributed by atoms with Gasteiger partial charge in [-0.25, -0.2) is 8.42 Å². The molecule has 1 heterocycles. The maximum Gasteiger partial charge on any atom is 0.243 e. The fourth-order valence-electron chi connectivity index (χ4n) is 2.90. The van der Waals surface area contributed by atoms with Crippen molar-refractivity contribution in [3.63, 3.8) is 0 Å². The molecule has 0 bridgehead atoms.